The average molecular weight is 300 g/mol. The van der Waals surface area contributed by atoms with Gasteiger partial charge in [0.25, 0.3) is 0 Å². The number of aldehydes is 1. The zero-order chi connectivity index (χ0) is 11.7. The summed E-state index contributed by atoms with van der Waals surface area (Å²) in [5, 5.41) is 0.656. The molecule has 1 aromatic carbocycles. The number of hydrogen-bond acceptors (Lipinski definition) is 2. The Balaban J connectivity index is 2.55. The Morgan fingerprint density at radius 2 is 2.12 bits per heavy atom. The maximum absolute atomic E-state index is 10.5. The lowest BCUT2D eigenvalue weighted by Crippen LogP contribution is -1.82. The smallest absolute Gasteiger partial charge is 0.185 e. The van der Waals surface area contributed by atoms with E-state index in [-0.39, 0.29) is 0 Å². The van der Waals surface area contributed by atoms with Gasteiger partial charge < -0.3 is 4.42 Å². The average Bonchev–Trinajstić information content (AvgIpc) is 2.71. The summed E-state index contributed by atoms with van der Waals surface area (Å²) < 4.78 is 6.17. The van der Waals surface area contributed by atoms with Crippen LogP contribution in [0.15, 0.2) is 33.2 Å². The van der Waals surface area contributed by atoms with Crippen LogP contribution in [-0.4, -0.2) is 6.29 Å². The highest BCUT2D eigenvalue weighted by molar-refractivity contribution is 9.10. The highest BCUT2D eigenvalue weighted by Crippen LogP contribution is 2.32. The van der Waals surface area contributed by atoms with Crippen LogP contribution in [0.4, 0.5) is 0 Å². The van der Waals surface area contributed by atoms with Crippen molar-refractivity contribution in [3.05, 3.63) is 45.1 Å². The molecular formula is C12H8BrClO2. The normalized spacial score (nSPS) is 10.4. The van der Waals surface area contributed by atoms with Gasteiger partial charge in [-0.2, -0.15) is 0 Å². The van der Waals surface area contributed by atoms with Crippen LogP contribution in [0.25, 0.3) is 11.3 Å². The highest BCUT2D eigenvalue weighted by Gasteiger charge is 2.09. The van der Waals surface area contributed by atoms with Crippen LogP contribution in [0.1, 0.15) is 16.1 Å². The Morgan fingerprint density at radius 3 is 2.75 bits per heavy atom. The number of carbonyl (C=O) groups is 1. The zero-order valence-electron chi connectivity index (χ0n) is 8.46. The number of aryl methyl sites for hydroxylation is 1. The van der Waals surface area contributed by atoms with Crippen molar-refractivity contribution in [2.45, 2.75) is 6.92 Å². The second-order valence-electron chi connectivity index (χ2n) is 3.40. The molecule has 82 valence electrons. The molecule has 0 N–H and O–H groups in total. The summed E-state index contributed by atoms with van der Waals surface area (Å²) >= 11 is 9.33. The van der Waals surface area contributed by atoms with Gasteiger partial charge in [0.05, 0.1) is 5.02 Å². The number of carbonyl (C=O) groups excluding carboxylic acids is 1. The molecule has 16 heavy (non-hydrogen) atoms. The van der Waals surface area contributed by atoms with Crippen molar-refractivity contribution < 1.29 is 9.21 Å². The summed E-state index contributed by atoms with van der Waals surface area (Å²) in [5.41, 5.74) is 1.92. The van der Waals surface area contributed by atoms with Gasteiger partial charge in [0.2, 0.25) is 0 Å². The van der Waals surface area contributed by atoms with Gasteiger partial charge >= 0.3 is 0 Å². The summed E-state index contributed by atoms with van der Waals surface area (Å²) in [6.45, 7) is 1.94. The molecule has 0 aliphatic rings. The van der Waals surface area contributed by atoms with Crippen molar-refractivity contribution in [2.75, 3.05) is 0 Å². The van der Waals surface area contributed by atoms with Crippen LogP contribution >= 0.6 is 27.5 Å². The molecule has 0 spiro atoms. The molecule has 0 atom stereocenters. The van der Waals surface area contributed by atoms with Crippen LogP contribution in [0.2, 0.25) is 5.02 Å². The molecule has 2 rings (SSSR count). The number of furan rings is 1. The van der Waals surface area contributed by atoms with Crippen molar-refractivity contribution in [1.82, 2.24) is 0 Å². The standard InChI is InChI=1S/C12H8BrClO2/c1-7-4-11(14)10(13)5-9(7)12-3-2-8(6-15)16-12/h2-6H,1H3. The summed E-state index contributed by atoms with van der Waals surface area (Å²) in [6.07, 6.45) is 0.684. The van der Waals surface area contributed by atoms with Crippen molar-refractivity contribution in [3.8, 4) is 11.3 Å². The second-order valence-corrected chi connectivity index (χ2v) is 4.66. The Labute approximate surface area is 106 Å². The Morgan fingerprint density at radius 1 is 1.38 bits per heavy atom. The van der Waals surface area contributed by atoms with E-state index in [2.05, 4.69) is 15.9 Å². The first-order valence-electron chi connectivity index (χ1n) is 4.63. The van der Waals surface area contributed by atoms with E-state index in [0.717, 1.165) is 15.6 Å². The minimum absolute atomic E-state index is 0.320. The number of rotatable bonds is 2. The van der Waals surface area contributed by atoms with Crippen LogP contribution in [0, 0.1) is 6.92 Å². The van der Waals surface area contributed by atoms with E-state index < -0.39 is 0 Å². The molecule has 0 unspecified atom stereocenters. The van der Waals surface area contributed by atoms with Gasteiger partial charge in [-0.3, -0.25) is 4.79 Å². The number of hydrogen-bond donors (Lipinski definition) is 0. The third-order valence-corrected chi connectivity index (χ3v) is 3.47. The number of halogens is 2. The number of benzene rings is 1. The van der Waals surface area contributed by atoms with E-state index in [1.54, 1.807) is 12.1 Å². The zero-order valence-corrected chi connectivity index (χ0v) is 10.8. The monoisotopic (exact) mass is 298 g/mol. The largest absolute Gasteiger partial charge is 0.453 e. The Hall–Kier alpha value is -1.06. The fourth-order valence-electron chi connectivity index (χ4n) is 1.47. The summed E-state index contributed by atoms with van der Waals surface area (Å²) in [6, 6.07) is 7.14. The molecule has 0 aliphatic carbocycles. The van der Waals surface area contributed by atoms with Gasteiger partial charge in [-0.15, -0.1) is 0 Å². The maximum Gasteiger partial charge on any atom is 0.185 e. The molecule has 0 aliphatic heterocycles. The quantitative estimate of drug-likeness (QED) is 0.765. The van der Waals surface area contributed by atoms with Gasteiger partial charge in [-0.1, -0.05) is 11.6 Å². The first-order valence-corrected chi connectivity index (χ1v) is 5.80. The van der Waals surface area contributed by atoms with Gasteiger partial charge in [-0.25, -0.2) is 0 Å². The lowest BCUT2D eigenvalue weighted by Gasteiger charge is -2.05. The Kier molecular flexibility index (Phi) is 3.17. The predicted octanol–water partition coefficient (Wildman–Crippen LogP) is 4.48. The van der Waals surface area contributed by atoms with Crippen LogP contribution in [-0.2, 0) is 0 Å². The third kappa shape index (κ3) is 2.06. The maximum atomic E-state index is 10.5. The molecule has 0 bridgehead atoms. The lowest BCUT2D eigenvalue weighted by molar-refractivity contribution is 0.110. The molecule has 0 fully saturated rings. The molecule has 0 saturated heterocycles. The van der Waals surface area contributed by atoms with E-state index in [1.807, 2.05) is 19.1 Å². The van der Waals surface area contributed by atoms with E-state index in [1.165, 1.54) is 0 Å². The fraction of sp³-hybridized carbons (Fsp3) is 0.0833. The van der Waals surface area contributed by atoms with Crippen molar-refractivity contribution in [3.63, 3.8) is 0 Å². The minimum atomic E-state index is 0.320. The predicted molar refractivity (Wildman–Crippen MR) is 67.0 cm³/mol. The molecule has 2 aromatic rings. The van der Waals surface area contributed by atoms with Gasteiger partial charge in [0.1, 0.15) is 5.76 Å². The minimum Gasteiger partial charge on any atom is -0.453 e. The molecule has 4 heteroatoms. The Bertz CT molecular complexity index is 546. The lowest BCUT2D eigenvalue weighted by atomic mass is 10.1. The molecule has 0 saturated carbocycles. The van der Waals surface area contributed by atoms with Crippen LogP contribution in [0.5, 0.6) is 0 Å². The first kappa shape index (κ1) is 11.4. The molecule has 2 nitrogen and oxygen atoms in total. The van der Waals surface area contributed by atoms with E-state index in [9.17, 15) is 4.79 Å². The van der Waals surface area contributed by atoms with Crippen LogP contribution in [0.3, 0.4) is 0 Å². The fourth-order valence-corrected chi connectivity index (χ4v) is 2.03. The van der Waals surface area contributed by atoms with E-state index in [4.69, 9.17) is 16.0 Å². The van der Waals surface area contributed by atoms with Crippen molar-refractivity contribution in [2.24, 2.45) is 0 Å². The summed E-state index contributed by atoms with van der Waals surface area (Å²) in [5.74, 6) is 0.984. The van der Waals surface area contributed by atoms with E-state index in [0.29, 0.717) is 22.8 Å². The van der Waals surface area contributed by atoms with Crippen LogP contribution < -0.4 is 0 Å². The molecule has 0 amide bonds. The van der Waals surface area contributed by atoms with Crippen molar-refractivity contribution in [1.29, 1.82) is 0 Å². The topological polar surface area (TPSA) is 30.2 Å². The van der Waals surface area contributed by atoms with Crippen molar-refractivity contribution >= 4 is 33.8 Å². The summed E-state index contributed by atoms with van der Waals surface area (Å²) in [4.78, 5) is 10.5. The highest BCUT2D eigenvalue weighted by atomic mass is 79.9. The van der Waals surface area contributed by atoms with Gasteiger partial charge in [-0.05, 0) is 52.7 Å². The molecular weight excluding hydrogens is 291 g/mol. The third-order valence-electron chi connectivity index (χ3n) is 2.28. The van der Waals surface area contributed by atoms with Gasteiger partial charge in [0.15, 0.2) is 12.0 Å². The van der Waals surface area contributed by atoms with E-state index >= 15 is 0 Å². The molecule has 0 radical (unpaired) electrons. The molecule has 1 heterocycles. The van der Waals surface area contributed by atoms with Gasteiger partial charge in [0, 0.05) is 10.0 Å². The second kappa shape index (κ2) is 4.44. The molecule has 1 aromatic heterocycles. The summed E-state index contributed by atoms with van der Waals surface area (Å²) in [7, 11) is 0. The first-order chi connectivity index (χ1) is 7.61. The SMILES string of the molecule is Cc1cc(Cl)c(Br)cc1-c1ccc(C=O)o1.